The van der Waals surface area contributed by atoms with Crippen LogP contribution in [0.25, 0.3) is 0 Å². The van der Waals surface area contributed by atoms with Crippen molar-refractivity contribution >= 4 is 11.8 Å². The quantitative estimate of drug-likeness (QED) is 0.799. The first-order chi connectivity index (χ1) is 12.0. The number of Topliss-reactive ketones (excluding diaryl/α,β-unsaturated/α-hetero) is 1. The number of ether oxygens (including phenoxy) is 1. The number of carboxylic acid groups (broad SMARTS) is 1. The van der Waals surface area contributed by atoms with Gasteiger partial charge in [-0.2, -0.15) is 0 Å². The standard InChI is InChI=1S/C20H27NO4/c1-3-25-19-9-8-14(13(2)22)10-16(19)12-21-17-7-5-4-6-15(17)11-18(21)20(23)24/h8-10,15,17-18H,3-7,11-12H2,1-2H3,(H,23,24). The second-order valence-corrected chi connectivity index (χ2v) is 7.19. The van der Waals surface area contributed by atoms with E-state index in [0.29, 0.717) is 30.7 Å². The van der Waals surface area contributed by atoms with Crippen molar-refractivity contribution in [2.75, 3.05) is 6.61 Å². The number of aliphatic carboxylic acids is 1. The highest BCUT2D eigenvalue weighted by atomic mass is 16.5. The van der Waals surface area contributed by atoms with E-state index in [1.807, 2.05) is 19.1 Å². The monoisotopic (exact) mass is 345 g/mol. The minimum Gasteiger partial charge on any atom is -0.494 e. The van der Waals surface area contributed by atoms with Gasteiger partial charge in [-0.25, -0.2) is 0 Å². The van der Waals surface area contributed by atoms with Crippen LogP contribution in [0.2, 0.25) is 0 Å². The lowest BCUT2D eigenvalue weighted by atomic mass is 9.84. The van der Waals surface area contributed by atoms with Crippen molar-refractivity contribution in [1.82, 2.24) is 4.90 Å². The first-order valence-corrected chi connectivity index (χ1v) is 9.26. The Bertz CT molecular complexity index is 657. The number of benzene rings is 1. The molecule has 0 aromatic heterocycles. The molecule has 3 rings (SSSR count). The van der Waals surface area contributed by atoms with Gasteiger partial charge in [0.1, 0.15) is 11.8 Å². The summed E-state index contributed by atoms with van der Waals surface area (Å²) in [5, 5.41) is 9.70. The smallest absolute Gasteiger partial charge is 0.320 e. The van der Waals surface area contributed by atoms with Crippen molar-refractivity contribution in [3.63, 3.8) is 0 Å². The fourth-order valence-electron chi connectivity index (χ4n) is 4.44. The molecule has 1 saturated carbocycles. The SMILES string of the molecule is CCOc1ccc(C(C)=O)cc1CN1C(C(=O)O)CC2CCCCC21. The van der Waals surface area contributed by atoms with Gasteiger partial charge in [-0.1, -0.05) is 12.8 Å². The molecule has 5 nitrogen and oxygen atoms in total. The largest absolute Gasteiger partial charge is 0.494 e. The van der Waals surface area contributed by atoms with Crippen LogP contribution in [0.4, 0.5) is 0 Å². The number of nitrogens with zero attached hydrogens (tertiary/aromatic N) is 1. The zero-order valence-electron chi connectivity index (χ0n) is 15.0. The van der Waals surface area contributed by atoms with E-state index in [4.69, 9.17) is 4.74 Å². The summed E-state index contributed by atoms with van der Waals surface area (Å²) >= 11 is 0. The normalized spacial score (nSPS) is 26.2. The van der Waals surface area contributed by atoms with Crippen LogP contribution < -0.4 is 4.74 Å². The van der Waals surface area contributed by atoms with E-state index < -0.39 is 12.0 Å². The average molecular weight is 345 g/mol. The summed E-state index contributed by atoms with van der Waals surface area (Å²) in [7, 11) is 0. The predicted octanol–water partition coefficient (Wildman–Crippen LogP) is 3.51. The lowest BCUT2D eigenvalue weighted by molar-refractivity contribution is -0.142. The number of likely N-dealkylation sites (tertiary alicyclic amines) is 1. The summed E-state index contributed by atoms with van der Waals surface area (Å²) in [5.41, 5.74) is 1.55. The van der Waals surface area contributed by atoms with Gasteiger partial charge in [0, 0.05) is 23.7 Å². The molecule has 0 bridgehead atoms. The summed E-state index contributed by atoms with van der Waals surface area (Å²) in [5.74, 6) is 0.489. The first kappa shape index (κ1) is 17.9. The number of fused-ring (bicyclic) bond motifs is 1. The van der Waals surface area contributed by atoms with Gasteiger partial charge in [0.15, 0.2) is 5.78 Å². The van der Waals surface area contributed by atoms with Gasteiger partial charge in [0.25, 0.3) is 0 Å². The van der Waals surface area contributed by atoms with E-state index >= 15 is 0 Å². The summed E-state index contributed by atoms with van der Waals surface area (Å²) in [6, 6.07) is 5.36. The van der Waals surface area contributed by atoms with Gasteiger partial charge in [0.05, 0.1) is 6.61 Å². The summed E-state index contributed by atoms with van der Waals surface area (Å²) < 4.78 is 5.73. The van der Waals surface area contributed by atoms with Crippen LogP contribution >= 0.6 is 0 Å². The number of hydrogen-bond donors (Lipinski definition) is 1. The van der Waals surface area contributed by atoms with Crippen LogP contribution in [-0.2, 0) is 11.3 Å². The van der Waals surface area contributed by atoms with Crippen LogP contribution in [0.3, 0.4) is 0 Å². The molecule has 2 aliphatic rings. The summed E-state index contributed by atoms with van der Waals surface area (Å²) in [4.78, 5) is 25.7. The minimum atomic E-state index is -0.741. The molecule has 1 aromatic rings. The van der Waals surface area contributed by atoms with Gasteiger partial charge >= 0.3 is 5.97 Å². The lowest BCUT2D eigenvalue weighted by Crippen LogP contribution is -2.41. The van der Waals surface area contributed by atoms with Gasteiger partial charge in [0.2, 0.25) is 0 Å². The molecule has 3 unspecified atom stereocenters. The van der Waals surface area contributed by atoms with Gasteiger partial charge < -0.3 is 9.84 Å². The Morgan fingerprint density at radius 1 is 1.28 bits per heavy atom. The Hall–Kier alpha value is -1.88. The number of carbonyl (C=O) groups is 2. The topological polar surface area (TPSA) is 66.8 Å². The highest BCUT2D eigenvalue weighted by molar-refractivity contribution is 5.94. The molecule has 136 valence electrons. The summed E-state index contributed by atoms with van der Waals surface area (Å²) in [6.45, 7) is 4.54. The number of carboxylic acids is 1. The molecule has 1 N–H and O–H groups in total. The van der Waals surface area contributed by atoms with Crippen molar-refractivity contribution in [2.24, 2.45) is 5.92 Å². The van der Waals surface area contributed by atoms with E-state index in [2.05, 4.69) is 4.90 Å². The second kappa shape index (κ2) is 7.56. The Labute approximate surface area is 149 Å². The van der Waals surface area contributed by atoms with Crippen LogP contribution in [0.15, 0.2) is 18.2 Å². The highest BCUT2D eigenvalue weighted by Crippen LogP contribution is 2.41. The number of ketones is 1. The van der Waals surface area contributed by atoms with Crippen molar-refractivity contribution in [1.29, 1.82) is 0 Å². The Balaban J connectivity index is 1.91. The fraction of sp³-hybridized carbons (Fsp3) is 0.600. The predicted molar refractivity (Wildman–Crippen MR) is 94.9 cm³/mol. The summed E-state index contributed by atoms with van der Waals surface area (Å²) in [6.07, 6.45) is 5.28. The van der Waals surface area contributed by atoms with E-state index in [1.165, 1.54) is 6.42 Å². The maximum Gasteiger partial charge on any atom is 0.320 e. The first-order valence-electron chi connectivity index (χ1n) is 9.26. The molecule has 25 heavy (non-hydrogen) atoms. The third-order valence-electron chi connectivity index (χ3n) is 5.63. The molecular formula is C20H27NO4. The molecule has 5 heteroatoms. The lowest BCUT2D eigenvalue weighted by Gasteiger charge is -2.33. The van der Waals surface area contributed by atoms with Crippen molar-refractivity contribution < 1.29 is 19.4 Å². The number of rotatable bonds is 6. The van der Waals surface area contributed by atoms with E-state index in [-0.39, 0.29) is 5.78 Å². The third kappa shape index (κ3) is 3.71. The highest BCUT2D eigenvalue weighted by Gasteiger charge is 2.45. The maximum absolute atomic E-state index is 11.8. The Morgan fingerprint density at radius 3 is 2.72 bits per heavy atom. The minimum absolute atomic E-state index is 0.0102. The average Bonchev–Trinajstić information content (AvgIpc) is 2.95. The zero-order chi connectivity index (χ0) is 18.0. The number of hydrogen-bond acceptors (Lipinski definition) is 4. The maximum atomic E-state index is 11.8. The molecule has 2 fully saturated rings. The van der Waals surface area contributed by atoms with Crippen molar-refractivity contribution in [3.05, 3.63) is 29.3 Å². The molecule has 1 aliphatic carbocycles. The van der Waals surface area contributed by atoms with Crippen LogP contribution in [0.1, 0.15) is 61.9 Å². The van der Waals surface area contributed by atoms with E-state index in [0.717, 1.165) is 37.0 Å². The number of carbonyl (C=O) groups excluding carboxylic acids is 1. The van der Waals surface area contributed by atoms with Crippen molar-refractivity contribution in [2.45, 2.75) is 64.6 Å². The van der Waals surface area contributed by atoms with Crippen LogP contribution in [0, 0.1) is 5.92 Å². The Kier molecular flexibility index (Phi) is 5.42. The molecular weight excluding hydrogens is 318 g/mol. The molecule has 1 saturated heterocycles. The van der Waals surface area contributed by atoms with Crippen LogP contribution in [-0.4, -0.2) is 40.4 Å². The second-order valence-electron chi connectivity index (χ2n) is 7.19. The van der Waals surface area contributed by atoms with E-state index in [1.54, 1.807) is 13.0 Å². The molecule has 1 aliphatic heterocycles. The molecule has 1 aromatic carbocycles. The van der Waals surface area contributed by atoms with E-state index in [9.17, 15) is 14.7 Å². The van der Waals surface area contributed by atoms with Crippen LogP contribution in [0.5, 0.6) is 5.75 Å². The van der Waals surface area contributed by atoms with Gasteiger partial charge in [-0.3, -0.25) is 14.5 Å². The Morgan fingerprint density at radius 2 is 2.04 bits per heavy atom. The molecule has 3 atom stereocenters. The van der Waals surface area contributed by atoms with Gasteiger partial charge in [-0.15, -0.1) is 0 Å². The van der Waals surface area contributed by atoms with Gasteiger partial charge in [-0.05, 0) is 57.2 Å². The molecule has 0 spiro atoms. The molecule has 0 amide bonds. The third-order valence-corrected chi connectivity index (χ3v) is 5.63. The molecule has 1 heterocycles. The van der Waals surface area contributed by atoms with Crippen molar-refractivity contribution in [3.8, 4) is 5.75 Å². The fourth-order valence-corrected chi connectivity index (χ4v) is 4.44. The molecule has 0 radical (unpaired) electrons. The zero-order valence-corrected chi connectivity index (χ0v) is 15.0.